The maximum Gasteiger partial charge on any atom is 0.312 e. The number of aryl methyl sites for hydroxylation is 1. The van der Waals surface area contributed by atoms with E-state index in [1.165, 1.54) is 4.90 Å². The molecular formula is C24H23N3O6. The summed E-state index contributed by atoms with van der Waals surface area (Å²) in [6, 6.07) is 17.3. The van der Waals surface area contributed by atoms with Crippen LogP contribution in [0.2, 0.25) is 0 Å². The molecule has 2 amide bonds. The Bertz CT molecular complexity index is 1160. The van der Waals surface area contributed by atoms with Crippen LogP contribution in [0.1, 0.15) is 23.8 Å². The van der Waals surface area contributed by atoms with E-state index in [2.05, 4.69) is 10.5 Å². The maximum atomic E-state index is 13.0. The third-order valence-electron chi connectivity index (χ3n) is 5.28. The Kier molecular flexibility index (Phi) is 6.39. The molecule has 3 aromatic rings. The highest BCUT2D eigenvalue weighted by molar-refractivity contribution is 6.00. The lowest BCUT2D eigenvalue weighted by Gasteiger charge is -2.20. The zero-order valence-electron chi connectivity index (χ0n) is 18.2. The minimum absolute atomic E-state index is 0.0122. The molecule has 2 heterocycles. The van der Waals surface area contributed by atoms with Crippen molar-refractivity contribution in [2.24, 2.45) is 5.92 Å². The quantitative estimate of drug-likeness (QED) is 0.551. The number of amides is 2. The molecule has 1 fully saturated rings. The summed E-state index contributed by atoms with van der Waals surface area (Å²) in [6.07, 6.45) is -1.22. The zero-order chi connectivity index (χ0) is 23.4. The van der Waals surface area contributed by atoms with Crippen LogP contribution in [0.4, 0.5) is 11.5 Å². The van der Waals surface area contributed by atoms with Crippen LogP contribution in [0.25, 0.3) is 0 Å². The van der Waals surface area contributed by atoms with Crippen molar-refractivity contribution in [2.45, 2.75) is 19.4 Å². The Labute approximate surface area is 190 Å². The summed E-state index contributed by atoms with van der Waals surface area (Å²) in [7, 11) is 1.54. The first-order valence-corrected chi connectivity index (χ1v) is 10.4. The van der Waals surface area contributed by atoms with Crippen molar-refractivity contribution in [3.05, 3.63) is 72.0 Å². The molecule has 9 heteroatoms. The summed E-state index contributed by atoms with van der Waals surface area (Å²) < 4.78 is 15.8. The highest BCUT2D eigenvalue weighted by Crippen LogP contribution is 2.30. The second kappa shape index (κ2) is 9.56. The van der Waals surface area contributed by atoms with E-state index in [1.54, 1.807) is 74.7 Å². The Morgan fingerprint density at radius 1 is 1.15 bits per heavy atom. The van der Waals surface area contributed by atoms with Gasteiger partial charge in [0.15, 0.2) is 5.82 Å². The average Bonchev–Trinajstić information content (AvgIpc) is 3.42. The Balaban J connectivity index is 1.49. The molecule has 1 aromatic heterocycles. The number of benzene rings is 2. The van der Waals surface area contributed by atoms with Gasteiger partial charge < -0.3 is 24.2 Å². The second-order valence-corrected chi connectivity index (χ2v) is 7.65. The van der Waals surface area contributed by atoms with Gasteiger partial charge in [0.05, 0.1) is 13.0 Å². The van der Waals surface area contributed by atoms with Gasteiger partial charge in [0.1, 0.15) is 11.5 Å². The molecule has 1 aliphatic heterocycles. The van der Waals surface area contributed by atoms with Crippen molar-refractivity contribution in [3.63, 3.8) is 0 Å². The lowest BCUT2D eigenvalue weighted by atomic mass is 10.1. The molecule has 0 radical (unpaired) electrons. The SMILES string of the molecule is COc1cccc(N2CC(C(=O)OC(C(=O)Nc3cc(C)on3)c3ccccc3)CC2=O)c1. The number of ether oxygens (including phenoxy) is 2. The first-order chi connectivity index (χ1) is 15.9. The number of rotatable bonds is 7. The maximum absolute atomic E-state index is 13.0. The number of aromatic nitrogens is 1. The third kappa shape index (κ3) is 5.03. The predicted octanol–water partition coefficient (Wildman–Crippen LogP) is 3.27. The highest BCUT2D eigenvalue weighted by Gasteiger charge is 2.38. The Morgan fingerprint density at radius 2 is 1.94 bits per heavy atom. The second-order valence-electron chi connectivity index (χ2n) is 7.65. The fourth-order valence-electron chi connectivity index (χ4n) is 3.62. The van der Waals surface area contributed by atoms with E-state index in [4.69, 9.17) is 14.0 Å². The number of nitrogens with one attached hydrogen (secondary N) is 1. The fraction of sp³-hybridized carbons (Fsp3) is 0.250. The van der Waals surface area contributed by atoms with E-state index >= 15 is 0 Å². The standard InChI is InChI=1S/C24H23N3O6/c1-15-11-20(26-33-15)25-23(29)22(16-7-4-3-5-8-16)32-24(30)17-12-21(28)27(14-17)18-9-6-10-19(13-18)31-2/h3-11,13,17,22H,12,14H2,1-2H3,(H,25,26,29). The smallest absolute Gasteiger partial charge is 0.312 e. The van der Waals surface area contributed by atoms with E-state index < -0.39 is 23.9 Å². The van der Waals surface area contributed by atoms with Gasteiger partial charge in [0.2, 0.25) is 12.0 Å². The number of esters is 1. The van der Waals surface area contributed by atoms with Crippen LogP contribution in [0.15, 0.2) is 65.2 Å². The Hall–Kier alpha value is -4.14. The number of hydrogen-bond acceptors (Lipinski definition) is 7. The predicted molar refractivity (Wildman–Crippen MR) is 119 cm³/mol. The lowest BCUT2D eigenvalue weighted by molar-refractivity contribution is -0.158. The van der Waals surface area contributed by atoms with Gasteiger partial charge in [0, 0.05) is 36.3 Å². The van der Waals surface area contributed by atoms with E-state index in [0.717, 1.165) is 0 Å². The molecule has 0 aliphatic carbocycles. The summed E-state index contributed by atoms with van der Waals surface area (Å²) in [5.74, 6) is -0.766. The van der Waals surface area contributed by atoms with Crippen molar-refractivity contribution in [2.75, 3.05) is 23.9 Å². The number of anilines is 2. The molecule has 1 N–H and O–H groups in total. The molecule has 2 unspecified atom stereocenters. The molecule has 0 spiro atoms. The van der Waals surface area contributed by atoms with Crippen LogP contribution in [0, 0.1) is 12.8 Å². The number of carbonyl (C=O) groups is 3. The first-order valence-electron chi connectivity index (χ1n) is 10.4. The molecule has 0 saturated carbocycles. The molecule has 4 rings (SSSR count). The van der Waals surface area contributed by atoms with E-state index in [9.17, 15) is 14.4 Å². The van der Waals surface area contributed by atoms with Crippen molar-refractivity contribution >= 4 is 29.3 Å². The van der Waals surface area contributed by atoms with Gasteiger partial charge in [-0.25, -0.2) is 0 Å². The van der Waals surface area contributed by atoms with Crippen LogP contribution < -0.4 is 15.0 Å². The van der Waals surface area contributed by atoms with Crippen LogP contribution in [0.5, 0.6) is 5.75 Å². The molecule has 2 aromatic carbocycles. The number of methoxy groups -OCH3 is 1. The van der Waals surface area contributed by atoms with Gasteiger partial charge in [-0.1, -0.05) is 41.6 Å². The van der Waals surface area contributed by atoms with Crippen LogP contribution in [-0.2, 0) is 19.1 Å². The summed E-state index contributed by atoms with van der Waals surface area (Å²) in [6.45, 7) is 1.85. The summed E-state index contributed by atoms with van der Waals surface area (Å²) in [5, 5.41) is 6.35. The fourth-order valence-corrected chi connectivity index (χ4v) is 3.62. The minimum atomic E-state index is -1.21. The topological polar surface area (TPSA) is 111 Å². The van der Waals surface area contributed by atoms with Crippen molar-refractivity contribution in [1.29, 1.82) is 0 Å². The monoisotopic (exact) mass is 449 g/mol. The number of nitrogens with zero attached hydrogens (tertiary/aromatic N) is 2. The van der Waals surface area contributed by atoms with Crippen molar-refractivity contribution in [3.8, 4) is 5.75 Å². The van der Waals surface area contributed by atoms with Crippen LogP contribution in [0.3, 0.4) is 0 Å². The largest absolute Gasteiger partial charge is 0.497 e. The number of carbonyl (C=O) groups excluding carboxylic acids is 3. The summed E-state index contributed by atoms with van der Waals surface area (Å²) in [5.41, 5.74) is 1.13. The molecule has 9 nitrogen and oxygen atoms in total. The van der Waals surface area contributed by atoms with Crippen LogP contribution in [-0.4, -0.2) is 36.6 Å². The molecule has 2 atom stereocenters. The van der Waals surface area contributed by atoms with Gasteiger partial charge in [-0.2, -0.15) is 0 Å². The average molecular weight is 449 g/mol. The molecular weight excluding hydrogens is 426 g/mol. The van der Waals surface area contributed by atoms with E-state index in [1.807, 2.05) is 0 Å². The Morgan fingerprint density at radius 3 is 2.64 bits per heavy atom. The molecule has 170 valence electrons. The zero-order valence-corrected chi connectivity index (χ0v) is 18.2. The van der Waals surface area contributed by atoms with Gasteiger partial charge in [0.25, 0.3) is 5.91 Å². The van der Waals surface area contributed by atoms with Gasteiger partial charge in [-0.05, 0) is 19.1 Å². The van der Waals surface area contributed by atoms with Crippen molar-refractivity contribution < 1.29 is 28.4 Å². The van der Waals surface area contributed by atoms with Gasteiger partial charge in [-0.3, -0.25) is 14.4 Å². The molecule has 1 aliphatic rings. The third-order valence-corrected chi connectivity index (χ3v) is 5.28. The van der Waals surface area contributed by atoms with Gasteiger partial charge in [-0.15, -0.1) is 0 Å². The first kappa shape index (κ1) is 22.1. The van der Waals surface area contributed by atoms with Crippen LogP contribution >= 0.6 is 0 Å². The minimum Gasteiger partial charge on any atom is -0.497 e. The summed E-state index contributed by atoms with van der Waals surface area (Å²) >= 11 is 0. The van der Waals surface area contributed by atoms with E-state index in [0.29, 0.717) is 22.8 Å². The molecule has 33 heavy (non-hydrogen) atoms. The molecule has 0 bridgehead atoms. The summed E-state index contributed by atoms with van der Waals surface area (Å²) in [4.78, 5) is 40.0. The van der Waals surface area contributed by atoms with Gasteiger partial charge >= 0.3 is 5.97 Å². The lowest BCUT2D eigenvalue weighted by Crippen LogP contribution is -2.30. The molecule has 1 saturated heterocycles. The van der Waals surface area contributed by atoms with Crippen molar-refractivity contribution in [1.82, 2.24) is 5.16 Å². The van der Waals surface area contributed by atoms with E-state index in [-0.39, 0.29) is 24.7 Å². The highest BCUT2D eigenvalue weighted by atomic mass is 16.5. The normalized spacial score (nSPS) is 16.4. The number of hydrogen-bond donors (Lipinski definition) is 1.